The largest absolute Gasteiger partial charge is 0.490 e. The summed E-state index contributed by atoms with van der Waals surface area (Å²) < 4.78 is 16.6. The van der Waals surface area contributed by atoms with Crippen LogP contribution in [0.4, 0.5) is 0 Å². The van der Waals surface area contributed by atoms with Crippen LogP contribution < -0.4 is 10.1 Å². The normalized spacial score (nSPS) is 15.7. The Kier molecular flexibility index (Phi) is 7.92. The first kappa shape index (κ1) is 21.6. The van der Waals surface area contributed by atoms with Crippen LogP contribution in [0, 0.1) is 0 Å². The predicted octanol–water partition coefficient (Wildman–Crippen LogP) is 4.23. The summed E-state index contributed by atoms with van der Waals surface area (Å²) in [5.74, 6) is 0.415. The van der Waals surface area contributed by atoms with E-state index in [1.165, 1.54) is 0 Å². The van der Waals surface area contributed by atoms with Crippen molar-refractivity contribution in [3.8, 4) is 5.75 Å². The van der Waals surface area contributed by atoms with Gasteiger partial charge in [-0.2, -0.15) is 0 Å². The van der Waals surface area contributed by atoms with E-state index in [1.807, 2.05) is 43.3 Å². The third-order valence-corrected chi connectivity index (χ3v) is 5.53. The van der Waals surface area contributed by atoms with Crippen LogP contribution in [-0.4, -0.2) is 45.5 Å². The Morgan fingerprint density at radius 3 is 2.69 bits per heavy atom. The molecule has 3 rings (SSSR count). The summed E-state index contributed by atoms with van der Waals surface area (Å²) in [6.07, 6.45) is 1.67. The smallest absolute Gasteiger partial charge is 0.255 e. The molecule has 0 bridgehead atoms. The maximum Gasteiger partial charge on any atom is 0.255 e. The van der Waals surface area contributed by atoms with Gasteiger partial charge < -0.3 is 19.5 Å². The Morgan fingerprint density at radius 1 is 1.14 bits per heavy atom. The number of nitrogens with one attached hydrogen (secondary N) is 1. The van der Waals surface area contributed by atoms with Crippen LogP contribution in [0.5, 0.6) is 5.75 Å². The summed E-state index contributed by atoms with van der Waals surface area (Å²) in [6.45, 7) is 5.32. The Balaban J connectivity index is 1.71. The summed E-state index contributed by atoms with van der Waals surface area (Å²) in [6, 6.07) is 15.2. The van der Waals surface area contributed by atoms with E-state index in [0.29, 0.717) is 55.9 Å². The average Bonchev–Trinajstić information content (AvgIpc) is 2.76. The minimum Gasteiger partial charge on any atom is -0.490 e. The molecule has 29 heavy (non-hydrogen) atoms. The maximum absolute atomic E-state index is 13.0. The molecule has 0 aliphatic carbocycles. The van der Waals surface area contributed by atoms with E-state index < -0.39 is 0 Å². The summed E-state index contributed by atoms with van der Waals surface area (Å²) >= 11 is 6.23. The van der Waals surface area contributed by atoms with Crippen LogP contribution in [-0.2, 0) is 14.9 Å². The standard InChI is InChI=1S/C23H28ClNO4/c1-2-27-14-15-29-21-9-4-3-8-20(21)22(26)25-17-23(10-12-28-13-11-23)18-6-5-7-19(24)16-18/h3-9,16H,2,10-15,17H2,1H3,(H,25,26). The Hall–Kier alpha value is -2.08. The highest BCUT2D eigenvalue weighted by atomic mass is 35.5. The topological polar surface area (TPSA) is 56.8 Å². The second-order valence-electron chi connectivity index (χ2n) is 7.13. The molecule has 1 aliphatic rings. The molecule has 1 aliphatic heterocycles. The zero-order valence-electron chi connectivity index (χ0n) is 16.8. The van der Waals surface area contributed by atoms with Crippen molar-refractivity contribution >= 4 is 17.5 Å². The van der Waals surface area contributed by atoms with Crippen LogP contribution in [0.25, 0.3) is 0 Å². The highest BCUT2D eigenvalue weighted by Crippen LogP contribution is 2.35. The average molecular weight is 418 g/mol. The van der Waals surface area contributed by atoms with Gasteiger partial charge in [-0.25, -0.2) is 0 Å². The second-order valence-corrected chi connectivity index (χ2v) is 7.56. The number of halogens is 1. The molecule has 0 radical (unpaired) electrons. The number of carbonyl (C=O) groups is 1. The van der Waals surface area contributed by atoms with Crippen LogP contribution in [0.3, 0.4) is 0 Å². The maximum atomic E-state index is 13.0. The van der Waals surface area contributed by atoms with Gasteiger partial charge in [0.2, 0.25) is 0 Å². The SMILES string of the molecule is CCOCCOc1ccccc1C(=O)NCC1(c2cccc(Cl)c2)CCOCC1. The Bertz CT molecular complexity index is 805. The van der Waals surface area contributed by atoms with Gasteiger partial charge in [-0.15, -0.1) is 0 Å². The molecular formula is C23H28ClNO4. The molecule has 5 nitrogen and oxygen atoms in total. The van der Waals surface area contributed by atoms with Crippen LogP contribution in [0.2, 0.25) is 5.02 Å². The zero-order chi connectivity index (χ0) is 20.5. The fraction of sp³-hybridized carbons (Fsp3) is 0.435. The second kappa shape index (κ2) is 10.6. The van der Waals surface area contributed by atoms with E-state index in [0.717, 1.165) is 18.4 Å². The number of hydrogen-bond donors (Lipinski definition) is 1. The van der Waals surface area contributed by atoms with Crippen molar-refractivity contribution in [2.45, 2.75) is 25.2 Å². The first-order valence-electron chi connectivity index (χ1n) is 10.1. The van der Waals surface area contributed by atoms with E-state index >= 15 is 0 Å². The van der Waals surface area contributed by atoms with Gasteiger partial charge >= 0.3 is 0 Å². The van der Waals surface area contributed by atoms with Crippen molar-refractivity contribution in [2.24, 2.45) is 0 Å². The molecule has 0 aromatic heterocycles. The Morgan fingerprint density at radius 2 is 1.93 bits per heavy atom. The first-order valence-corrected chi connectivity index (χ1v) is 10.4. The number of para-hydroxylation sites is 1. The van der Waals surface area contributed by atoms with E-state index in [1.54, 1.807) is 6.07 Å². The lowest BCUT2D eigenvalue weighted by Crippen LogP contribution is -2.44. The molecule has 0 atom stereocenters. The summed E-state index contributed by atoms with van der Waals surface area (Å²) in [7, 11) is 0. The van der Waals surface area contributed by atoms with Gasteiger partial charge in [-0.05, 0) is 49.6 Å². The quantitative estimate of drug-likeness (QED) is 0.620. The molecule has 1 N–H and O–H groups in total. The van der Waals surface area contributed by atoms with Crippen LogP contribution in [0.15, 0.2) is 48.5 Å². The minimum atomic E-state index is -0.191. The van der Waals surface area contributed by atoms with Crippen LogP contribution >= 0.6 is 11.6 Å². The molecule has 2 aromatic rings. The Labute approximate surface area is 177 Å². The molecule has 1 amide bonds. The number of ether oxygens (including phenoxy) is 3. The van der Waals surface area contributed by atoms with E-state index in [-0.39, 0.29) is 11.3 Å². The fourth-order valence-corrected chi connectivity index (χ4v) is 3.82. The van der Waals surface area contributed by atoms with Crippen molar-refractivity contribution < 1.29 is 19.0 Å². The molecule has 0 saturated carbocycles. The monoisotopic (exact) mass is 417 g/mol. The zero-order valence-corrected chi connectivity index (χ0v) is 17.5. The molecule has 0 spiro atoms. The fourth-order valence-electron chi connectivity index (χ4n) is 3.63. The van der Waals surface area contributed by atoms with E-state index in [4.69, 9.17) is 25.8 Å². The highest BCUT2D eigenvalue weighted by molar-refractivity contribution is 6.30. The predicted molar refractivity (Wildman–Crippen MR) is 114 cm³/mol. The molecule has 0 unspecified atom stereocenters. The third kappa shape index (κ3) is 5.72. The molecule has 2 aromatic carbocycles. The lowest BCUT2D eigenvalue weighted by Gasteiger charge is -2.38. The molecule has 156 valence electrons. The molecular weight excluding hydrogens is 390 g/mol. The van der Waals surface area contributed by atoms with Gasteiger partial charge in [0.05, 0.1) is 12.2 Å². The number of carbonyl (C=O) groups excluding carboxylic acids is 1. The van der Waals surface area contributed by atoms with Gasteiger partial charge in [0.15, 0.2) is 0 Å². The number of benzene rings is 2. The lowest BCUT2D eigenvalue weighted by atomic mass is 9.74. The van der Waals surface area contributed by atoms with Crippen molar-refractivity contribution in [3.05, 3.63) is 64.7 Å². The van der Waals surface area contributed by atoms with Crippen molar-refractivity contribution in [1.82, 2.24) is 5.32 Å². The number of rotatable bonds is 9. The number of amides is 1. The van der Waals surface area contributed by atoms with Gasteiger partial charge in [-0.1, -0.05) is 35.9 Å². The summed E-state index contributed by atoms with van der Waals surface area (Å²) in [5.41, 5.74) is 1.47. The minimum absolute atomic E-state index is 0.148. The summed E-state index contributed by atoms with van der Waals surface area (Å²) in [4.78, 5) is 13.0. The molecule has 1 saturated heterocycles. The summed E-state index contributed by atoms with van der Waals surface area (Å²) in [5, 5.41) is 3.82. The van der Waals surface area contributed by atoms with Gasteiger partial charge in [-0.3, -0.25) is 4.79 Å². The van der Waals surface area contributed by atoms with Crippen molar-refractivity contribution in [3.63, 3.8) is 0 Å². The third-order valence-electron chi connectivity index (χ3n) is 5.30. The van der Waals surface area contributed by atoms with E-state index in [9.17, 15) is 4.79 Å². The highest BCUT2D eigenvalue weighted by Gasteiger charge is 2.35. The number of hydrogen-bond acceptors (Lipinski definition) is 4. The van der Waals surface area contributed by atoms with Crippen molar-refractivity contribution in [2.75, 3.05) is 39.6 Å². The van der Waals surface area contributed by atoms with E-state index in [2.05, 4.69) is 11.4 Å². The molecule has 1 fully saturated rings. The molecule has 1 heterocycles. The lowest BCUT2D eigenvalue weighted by molar-refractivity contribution is 0.0486. The molecule has 6 heteroatoms. The van der Waals surface area contributed by atoms with Crippen LogP contribution in [0.1, 0.15) is 35.7 Å². The van der Waals surface area contributed by atoms with Gasteiger partial charge in [0.25, 0.3) is 5.91 Å². The van der Waals surface area contributed by atoms with Gasteiger partial charge in [0, 0.05) is 36.8 Å². The first-order chi connectivity index (χ1) is 14.1. The van der Waals surface area contributed by atoms with Crippen molar-refractivity contribution in [1.29, 1.82) is 0 Å². The van der Waals surface area contributed by atoms with Gasteiger partial charge in [0.1, 0.15) is 12.4 Å².